The Kier molecular flexibility index (Phi) is 9.48. The van der Waals surface area contributed by atoms with Crippen molar-refractivity contribution in [3.63, 3.8) is 0 Å². The van der Waals surface area contributed by atoms with Crippen LogP contribution in [0.4, 0.5) is 18.9 Å². The maximum absolute atomic E-state index is 13.9. The standard InChI is InChI=1S/C29H34F3N3O4S/c1-34(2)23-17-33-22-5-4-19(39-3)16-20(22)26(23)24(36)6-7-29(28(37)38)8-10-35(11-9-29)12-13-40-25-15-18(30)14-21(31)27(25)32/h4-5,14-17,24,36H,6-13H2,1-3H3,(H,37,38)/t24-/m1/s1. The van der Waals surface area contributed by atoms with E-state index in [0.717, 1.165) is 28.9 Å². The lowest BCUT2D eigenvalue weighted by molar-refractivity contribution is -0.153. The number of hydrogen-bond donors (Lipinski definition) is 2. The largest absolute Gasteiger partial charge is 0.497 e. The third kappa shape index (κ3) is 6.47. The van der Waals surface area contributed by atoms with Crippen LogP contribution in [-0.4, -0.2) is 72.7 Å². The minimum absolute atomic E-state index is 0.0817. The van der Waals surface area contributed by atoms with Crippen molar-refractivity contribution in [2.24, 2.45) is 5.41 Å². The van der Waals surface area contributed by atoms with Crippen LogP contribution in [0.3, 0.4) is 0 Å². The van der Waals surface area contributed by atoms with E-state index in [-0.39, 0.29) is 11.3 Å². The van der Waals surface area contributed by atoms with Crippen LogP contribution in [0.2, 0.25) is 0 Å². The second-order valence-electron chi connectivity index (χ2n) is 10.4. The Hall–Kier alpha value is -3.02. The molecule has 0 aliphatic carbocycles. The zero-order valence-electron chi connectivity index (χ0n) is 22.8. The molecule has 1 aliphatic heterocycles. The molecule has 0 spiro atoms. The first-order valence-electron chi connectivity index (χ1n) is 13.1. The molecule has 1 atom stereocenters. The molecule has 2 N–H and O–H groups in total. The zero-order chi connectivity index (χ0) is 29.0. The molecule has 216 valence electrons. The Labute approximate surface area is 235 Å². The summed E-state index contributed by atoms with van der Waals surface area (Å²) in [5, 5.41) is 22.3. The van der Waals surface area contributed by atoms with E-state index in [1.54, 1.807) is 19.4 Å². The van der Waals surface area contributed by atoms with Crippen LogP contribution in [0.1, 0.15) is 37.4 Å². The van der Waals surface area contributed by atoms with Gasteiger partial charge in [0.1, 0.15) is 11.6 Å². The molecule has 0 saturated carbocycles. The number of carbonyl (C=O) groups is 1. The molecule has 2 aromatic carbocycles. The van der Waals surface area contributed by atoms with E-state index in [4.69, 9.17) is 4.74 Å². The number of aliphatic carboxylic acids is 1. The second kappa shape index (κ2) is 12.7. The number of likely N-dealkylation sites (tertiary alicyclic amines) is 1. The van der Waals surface area contributed by atoms with Crippen LogP contribution in [0, 0.1) is 22.9 Å². The van der Waals surface area contributed by atoms with Crippen LogP contribution in [-0.2, 0) is 4.79 Å². The number of halogens is 3. The number of anilines is 1. The predicted octanol–water partition coefficient (Wildman–Crippen LogP) is 5.50. The number of carboxylic acids is 1. The second-order valence-corrected chi connectivity index (χ2v) is 11.5. The topological polar surface area (TPSA) is 86.1 Å². The fraction of sp³-hybridized carbons (Fsp3) is 0.448. The average molecular weight is 578 g/mol. The van der Waals surface area contributed by atoms with Crippen LogP contribution >= 0.6 is 11.8 Å². The number of rotatable bonds is 11. The van der Waals surface area contributed by atoms with E-state index in [0.29, 0.717) is 67.5 Å². The highest BCUT2D eigenvalue weighted by Gasteiger charge is 2.41. The highest BCUT2D eigenvalue weighted by atomic mass is 32.2. The molecule has 40 heavy (non-hydrogen) atoms. The van der Waals surface area contributed by atoms with Crippen molar-refractivity contribution in [3.05, 3.63) is 59.5 Å². The summed E-state index contributed by atoms with van der Waals surface area (Å²) in [5.74, 6) is -2.96. The first-order valence-corrected chi connectivity index (χ1v) is 14.1. The number of nitrogens with zero attached hydrogens (tertiary/aromatic N) is 3. The lowest BCUT2D eigenvalue weighted by atomic mass is 9.74. The highest BCUT2D eigenvalue weighted by Crippen LogP contribution is 2.41. The van der Waals surface area contributed by atoms with Gasteiger partial charge in [-0.05, 0) is 63.0 Å². The maximum Gasteiger partial charge on any atom is 0.309 e. The monoisotopic (exact) mass is 577 g/mol. The van der Waals surface area contributed by atoms with Gasteiger partial charge in [0, 0.05) is 48.3 Å². The van der Waals surface area contributed by atoms with Gasteiger partial charge in [0.15, 0.2) is 11.6 Å². The number of aliphatic hydroxyl groups is 1. The number of aromatic nitrogens is 1. The van der Waals surface area contributed by atoms with Gasteiger partial charge in [-0.2, -0.15) is 0 Å². The SMILES string of the molecule is COc1ccc2ncc(N(C)C)c([C@H](O)CCC3(C(=O)O)CCN(CCSc4cc(F)cc(F)c4F)CC3)c2c1. The Morgan fingerprint density at radius 3 is 2.58 bits per heavy atom. The van der Waals surface area contributed by atoms with Gasteiger partial charge in [-0.3, -0.25) is 9.78 Å². The number of thioether (sulfide) groups is 1. The fourth-order valence-electron chi connectivity index (χ4n) is 5.27. The van der Waals surface area contributed by atoms with Gasteiger partial charge in [0.05, 0.1) is 36.0 Å². The van der Waals surface area contributed by atoms with Crippen molar-refractivity contribution in [1.82, 2.24) is 9.88 Å². The molecule has 1 fully saturated rings. The van der Waals surface area contributed by atoms with Crippen molar-refractivity contribution in [1.29, 1.82) is 0 Å². The molecule has 4 rings (SSSR count). The minimum Gasteiger partial charge on any atom is -0.497 e. The van der Waals surface area contributed by atoms with Gasteiger partial charge in [0.2, 0.25) is 0 Å². The quantitative estimate of drug-likeness (QED) is 0.228. The summed E-state index contributed by atoms with van der Waals surface area (Å²) in [6, 6.07) is 6.96. The third-order valence-electron chi connectivity index (χ3n) is 7.70. The van der Waals surface area contributed by atoms with Crippen molar-refractivity contribution >= 4 is 34.3 Å². The van der Waals surface area contributed by atoms with Gasteiger partial charge in [-0.25, -0.2) is 13.2 Å². The lowest BCUT2D eigenvalue weighted by Crippen LogP contribution is -2.45. The molecule has 2 heterocycles. The summed E-state index contributed by atoms with van der Waals surface area (Å²) >= 11 is 1.03. The molecule has 3 aromatic rings. The molecule has 11 heteroatoms. The predicted molar refractivity (Wildman–Crippen MR) is 150 cm³/mol. The molecule has 0 unspecified atom stereocenters. The lowest BCUT2D eigenvalue weighted by Gasteiger charge is -2.39. The summed E-state index contributed by atoms with van der Waals surface area (Å²) in [6.45, 7) is 1.56. The van der Waals surface area contributed by atoms with Crippen molar-refractivity contribution in [3.8, 4) is 5.75 Å². The van der Waals surface area contributed by atoms with Crippen LogP contribution in [0.15, 0.2) is 41.4 Å². The smallest absolute Gasteiger partial charge is 0.309 e. The number of hydrogen-bond acceptors (Lipinski definition) is 7. The molecule has 0 radical (unpaired) electrons. The van der Waals surface area contributed by atoms with Gasteiger partial charge in [-0.15, -0.1) is 11.8 Å². The summed E-state index contributed by atoms with van der Waals surface area (Å²) < 4.78 is 46.2. The number of ether oxygens (including phenoxy) is 1. The van der Waals surface area contributed by atoms with Gasteiger partial charge in [0.25, 0.3) is 0 Å². The molecule has 0 bridgehead atoms. The summed E-state index contributed by atoms with van der Waals surface area (Å²) in [7, 11) is 5.30. The number of methoxy groups -OCH3 is 1. The van der Waals surface area contributed by atoms with Crippen molar-refractivity contribution < 1.29 is 32.9 Å². The highest BCUT2D eigenvalue weighted by molar-refractivity contribution is 7.99. The molecule has 1 saturated heterocycles. The Morgan fingerprint density at radius 1 is 1.20 bits per heavy atom. The summed E-state index contributed by atoms with van der Waals surface area (Å²) in [5.41, 5.74) is 1.16. The summed E-state index contributed by atoms with van der Waals surface area (Å²) in [6.07, 6.45) is 2.13. The first-order chi connectivity index (χ1) is 19.0. The van der Waals surface area contributed by atoms with Crippen LogP contribution in [0.25, 0.3) is 10.9 Å². The number of piperidine rings is 1. The normalized spacial score (nSPS) is 16.2. The van der Waals surface area contributed by atoms with E-state index >= 15 is 0 Å². The number of benzene rings is 2. The van der Waals surface area contributed by atoms with Crippen molar-refractivity contribution in [2.45, 2.75) is 36.7 Å². The third-order valence-corrected chi connectivity index (χ3v) is 8.69. The van der Waals surface area contributed by atoms with Crippen molar-refractivity contribution in [2.75, 3.05) is 51.5 Å². The molecular formula is C29H34F3N3O4S. The average Bonchev–Trinajstić information content (AvgIpc) is 2.93. The number of aliphatic hydroxyl groups excluding tert-OH is 1. The Bertz CT molecular complexity index is 1370. The molecular weight excluding hydrogens is 543 g/mol. The molecule has 7 nitrogen and oxygen atoms in total. The van der Waals surface area contributed by atoms with E-state index in [2.05, 4.69) is 9.88 Å². The van der Waals surface area contributed by atoms with E-state index < -0.39 is 34.9 Å². The van der Waals surface area contributed by atoms with Gasteiger partial charge < -0.3 is 24.7 Å². The maximum atomic E-state index is 13.9. The zero-order valence-corrected chi connectivity index (χ0v) is 23.6. The molecule has 1 aliphatic rings. The van der Waals surface area contributed by atoms with E-state index in [1.807, 2.05) is 31.1 Å². The fourth-order valence-corrected chi connectivity index (χ4v) is 6.26. The Balaban J connectivity index is 1.41. The number of fused-ring (bicyclic) bond motifs is 1. The van der Waals surface area contributed by atoms with Gasteiger partial charge >= 0.3 is 5.97 Å². The minimum atomic E-state index is -1.22. The number of pyridine rings is 1. The first kappa shape index (κ1) is 30.0. The number of carboxylic acid groups (broad SMARTS) is 1. The Morgan fingerprint density at radius 2 is 1.93 bits per heavy atom. The van der Waals surface area contributed by atoms with E-state index in [1.165, 1.54) is 0 Å². The van der Waals surface area contributed by atoms with Crippen LogP contribution < -0.4 is 9.64 Å². The molecule has 1 aromatic heterocycles. The van der Waals surface area contributed by atoms with Gasteiger partial charge in [-0.1, -0.05) is 0 Å². The van der Waals surface area contributed by atoms with E-state index in [9.17, 15) is 28.2 Å². The molecule has 0 amide bonds. The summed E-state index contributed by atoms with van der Waals surface area (Å²) in [4.78, 5) is 20.8. The van der Waals surface area contributed by atoms with Crippen LogP contribution in [0.5, 0.6) is 5.75 Å².